The number of nitrogens with zero attached hydrogens (tertiary/aromatic N) is 2. The first-order chi connectivity index (χ1) is 11.2. The van der Waals surface area contributed by atoms with Gasteiger partial charge in [0.2, 0.25) is 0 Å². The number of hydrogen-bond donors (Lipinski definition) is 0. The number of nitro benzene ring substituents is 1. The van der Waals surface area contributed by atoms with Crippen molar-refractivity contribution in [1.82, 2.24) is 4.90 Å². The molecule has 3 rings (SSSR count). The van der Waals surface area contributed by atoms with E-state index in [9.17, 15) is 10.1 Å². The van der Waals surface area contributed by atoms with Crippen LogP contribution in [0.15, 0.2) is 40.8 Å². The lowest BCUT2D eigenvalue weighted by molar-refractivity contribution is -0.384. The molecule has 0 N–H and O–H groups in total. The number of rotatable bonds is 6. The monoisotopic (exact) mass is 316 g/mol. The van der Waals surface area contributed by atoms with E-state index in [0.29, 0.717) is 5.76 Å². The number of furan rings is 1. The molecule has 1 aliphatic heterocycles. The van der Waals surface area contributed by atoms with Crippen molar-refractivity contribution in [3.8, 4) is 11.3 Å². The van der Waals surface area contributed by atoms with Crippen LogP contribution in [0.4, 0.5) is 5.69 Å². The third kappa shape index (κ3) is 4.18. The van der Waals surface area contributed by atoms with Gasteiger partial charge < -0.3 is 9.15 Å². The Morgan fingerprint density at radius 3 is 2.78 bits per heavy atom. The number of non-ortho nitro benzene ring substituents is 1. The van der Waals surface area contributed by atoms with Crippen LogP contribution in [-0.4, -0.2) is 42.7 Å². The Kier molecular flexibility index (Phi) is 5.05. The number of hydrogen-bond acceptors (Lipinski definition) is 5. The first-order valence-corrected chi connectivity index (χ1v) is 7.86. The van der Waals surface area contributed by atoms with Crippen LogP contribution in [0, 0.1) is 10.1 Å². The van der Waals surface area contributed by atoms with Crippen molar-refractivity contribution in [2.24, 2.45) is 0 Å². The Morgan fingerprint density at radius 2 is 2.00 bits per heavy atom. The lowest BCUT2D eigenvalue weighted by Crippen LogP contribution is -2.36. The van der Waals surface area contributed by atoms with Crippen molar-refractivity contribution >= 4 is 5.69 Å². The van der Waals surface area contributed by atoms with E-state index < -0.39 is 4.92 Å². The molecule has 2 heterocycles. The van der Waals surface area contributed by atoms with E-state index in [0.717, 1.165) is 57.0 Å². The summed E-state index contributed by atoms with van der Waals surface area (Å²) in [6, 6.07) is 10.3. The molecule has 0 saturated carbocycles. The maximum absolute atomic E-state index is 10.8. The van der Waals surface area contributed by atoms with Gasteiger partial charge in [-0.25, -0.2) is 0 Å². The molecule has 23 heavy (non-hydrogen) atoms. The van der Waals surface area contributed by atoms with Crippen molar-refractivity contribution in [2.45, 2.75) is 12.8 Å². The highest BCUT2D eigenvalue weighted by Crippen LogP contribution is 2.26. The second kappa shape index (κ2) is 7.39. The smallest absolute Gasteiger partial charge is 0.270 e. The Morgan fingerprint density at radius 1 is 1.17 bits per heavy atom. The molecule has 2 aromatic rings. The highest BCUT2D eigenvalue weighted by molar-refractivity contribution is 5.61. The minimum absolute atomic E-state index is 0.0766. The quantitative estimate of drug-likeness (QED) is 0.605. The number of morpholine rings is 1. The van der Waals surface area contributed by atoms with Crippen LogP contribution in [0.25, 0.3) is 11.3 Å². The Balaban J connectivity index is 1.57. The molecule has 0 aliphatic carbocycles. The molecule has 0 amide bonds. The summed E-state index contributed by atoms with van der Waals surface area (Å²) >= 11 is 0. The standard InChI is InChI=1S/C17H20N2O4/c20-19(21)15-4-1-3-14(13-15)17-7-6-16(23-17)5-2-8-18-9-11-22-12-10-18/h1,3-4,6-7,13H,2,5,8-12H2. The highest BCUT2D eigenvalue weighted by atomic mass is 16.6. The Labute approximate surface area is 134 Å². The molecular weight excluding hydrogens is 296 g/mol. The second-order valence-electron chi connectivity index (χ2n) is 5.63. The summed E-state index contributed by atoms with van der Waals surface area (Å²) in [7, 11) is 0. The first-order valence-electron chi connectivity index (χ1n) is 7.86. The summed E-state index contributed by atoms with van der Waals surface area (Å²) in [4.78, 5) is 12.8. The zero-order valence-electron chi connectivity index (χ0n) is 12.9. The number of nitro groups is 1. The van der Waals surface area contributed by atoms with Gasteiger partial charge in [-0.15, -0.1) is 0 Å². The van der Waals surface area contributed by atoms with Crippen LogP contribution in [-0.2, 0) is 11.2 Å². The molecule has 6 heteroatoms. The van der Waals surface area contributed by atoms with Crippen LogP contribution in [0.2, 0.25) is 0 Å². The normalized spacial score (nSPS) is 15.7. The van der Waals surface area contributed by atoms with Crippen molar-refractivity contribution in [2.75, 3.05) is 32.8 Å². The van der Waals surface area contributed by atoms with Crippen LogP contribution < -0.4 is 0 Å². The number of ether oxygens (including phenoxy) is 1. The van der Waals surface area contributed by atoms with Crippen LogP contribution >= 0.6 is 0 Å². The Bertz CT molecular complexity index is 662. The molecule has 1 aromatic heterocycles. The van der Waals surface area contributed by atoms with Crippen LogP contribution in [0.3, 0.4) is 0 Å². The molecule has 1 saturated heterocycles. The minimum Gasteiger partial charge on any atom is -0.461 e. The molecule has 0 unspecified atom stereocenters. The maximum Gasteiger partial charge on any atom is 0.270 e. The topological polar surface area (TPSA) is 68.8 Å². The van der Waals surface area contributed by atoms with E-state index in [1.807, 2.05) is 18.2 Å². The zero-order valence-corrected chi connectivity index (χ0v) is 12.9. The van der Waals surface area contributed by atoms with Crippen molar-refractivity contribution in [3.63, 3.8) is 0 Å². The second-order valence-corrected chi connectivity index (χ2v) is 5.63. The van der Waals surface area contributed by atoms with Gasteiger partial charge in [-0.2, -0.15) is 0 Å². The van der Waals surface area contributed by atoms with Gasteiger partial charge >= 0.3 is 0 Å². The maximum atomic E-state index is 10.8. The molecule has 0 atom stereocenters. The van der Waals surface area contributed by atoms with Gasteiger partial charge in [0.1, 0.15) is 11.5 Å². The summed E-state index contributed by atoms with van der Waals surface area (Å²) in [6.45, 7) is 4.67. The van der Waals surface area contributed by atoms with Gasteiger partial charge in [0.25, 0.3) is 5.69 Å². The SMILES string of the molecule is O=[N+]([O-])c1cccc(-c2ccc(CCCN3CCOCC3)o2)c1. The van der Waals surface area contributed by atoms with Gasteiger partial charge in [0.05, 0.1) is 18.1 Å². The minimum atomic E-state index is -0.393. The van der Waals surface area contributed by atoms with Crippen LogP contribution in [0.1, 0.15) is 12.2 Å². The predicted octanol–water partition coefficient (Wildman–Crippen LogP) is 3.12. The van der Waals surface area contributed by atoms with Gasteiger partial charge in [0, 0.05) is 37.2 Å². The molecular formula is C17H20N2O4. The largest absolute Gasteiger partial charge is 0.461 e. The number of benzene rings is 1. The van der Waals surface area contributed by atoms with Crippen molar-refractivity contribution in [3.05, 3.63) is 52.3 Å². The predicted molar refractivity (Wildman–Crippen MR) is 86.4 cm³/mol. The molecule has 122 valence electrons. The van der Waals surface area contributed by atoms with Crippen molar-refractivity contribution < 1.29 is 14.1 Å². The molecule has 0 bridgehead atoms. The van der Waals surface area contributed by atoms with Crippen molar-refractivity contribution in [1.29, 1.82) is 0 Å². The Hall–Kier alpha value is -2.18. The summed E-state index contributed by atoms with van der Waals surface area (Å²) in [5.74, 6) is 1.59. The fraction of sp³-hybridized carbons (Fsp3) is 0.412. The molecule has 1 aliphatic rings. The summed E-state index contributed by atoms with van der Waals surface area (Å²) in [6.07, 6.45) is 1.90. The highest BCUT2D eigenvalue weighted by Gasteiger charge is 2.12. The van der Waals surface area contributed by atoms with E-state index >= 15 is 0 Å². The fourth-order valence-electron chi connectivity index (χ4n) is 2.74. The van der Waals surface area contributed by atoms with E-state index in [2.05, 4.69) is 4.90 Å². The third-order valence-electron chi connectivity index (χ3n) is 4.00. The van der Waals surface area contributed by atoms with Gasteiger partial charge in [-0.1, -0.05) is 12.1 Å². The van der Waals surface area contributed by atoms with E-state index in [1.165, 1.54) is 12.1 Å². The van der Waals surface area contributed by atoms with Crippen LogP contribution in [0.5, 0.6) is 0 Å². The molecule has 1 fully saturated rings. The summed E-state index contributed by atoms with van der Waals surface area (Å²) in [5, 5.41) is 10.8. The average Bonchev–Trinajstić information content (AvgIpc) is 3.05. The fourth-order valence-corrected chi connectivity index (χ4v) is 2.74. The van der Waals surface area contributed by atoms with E-state index in [4.69, 9.17) is 9.15 Å². The molecule has 6 nitrogen and oxygen atoms in total. The number of aryl methyl sites for hydroxylation is 1. The van der Waals surface area contributed by atoms with E-state index in [-0.39, 0.29) is 5.69 Å². The average molecular weight is 316 g/mol. The summed E-state index contributed by atoms with van der Waals surface area (Å²) < 4.78 is 11.2. The molecule has 0 radical (unpaired) electrons. The third-order valence-corrected chi connectivity index (χ3v) is 4.00. The van der Waals surface area contributed by atoms with E-state index in [1.54, 1.807) is 6.07 Å². The lowest BCUT2D eigenvalue weighted by atomic mass is 10.1. The van der Waals surface area contributed by atoms with Gasteiger partial charge in [-0.3, -0.25) is 15.0 Å². The lowest BCUT2D eigenvalue weighted by Gasteiger charge is -2.26. The zero-order chi connectivity index (χ0) is 16.1. The van der Waals surface area contributed by atoms with Gasteiger partial charge in [-0.05, 0) is 25.1 Å². The summed E-state index contributed by atoms with van der Waals surface area (Å²) in [5.41, 5.74) is 0.811. The first kappa shape index (κ1) is 15.7. The molecule has 1 aromatic carbocycles. The molecule has 0 spiro atoms. The van der Waals surface area contributed by atoms with Gasteiger partial charge in [0.15, 0.2) is 0 Å².